The molecule has 8 nitrogen and oxygen atoms in total. The number of carbonyl (C=O) groups excluding carboxylic acids is 3. The molecule has 2 fully saturated rings. The highest BCUT2D eigenvalue weighted by Gasteiger charge is 2.40. The number of nitrogens with one attached hydrogen (secondary N) is 1. The lowest BCUT2D eigenvalue weighted by Gasteiger charge is -2.47. The van der Waals surface area contributed by atoms with E-state index in [0.717, 1.165) is 10.5 Å². The van der Waals surface area contributed by atoms with Crippen LogP contribution in [0.1, 0.15) is 73.0 Å². The van der Waals surface area contributed by atoms with Gasteiger partial charge in [-0.05, 0) is 57.8 Å². The lowest BCUT2D eigenvalue weighted by atomic mass is 9.98. The fraction of sp³-hybridized carbons (Fsp3) is 0.483. The zero-order valence-electron chi connectivity index (χ0n) is 25.9. The van der Waals surface area contributed by atoms with Crippen LogP contribution >= 0.6 is 0 Å². The number of halogens is 1. The molecule has 9 heteroatoms. The zero-order chi connectivity index (χ0) is 30.8. The fourth-order valence-corrected chi connectivity index (χ4v) is 5.58. The van der Waals surface area contributed by atoms with E-state index < -0.39 is 42.3 Å². The Balaban J connectivity index is 1.30. The quantitative estimate of drug-likeness (QED) is 0.578. The van der Waals surface area contributed by atoms with Crippen molar-refractivity contribution < 1.29 is 33.7 Å². The predicted molar refractivity (Wildman–Crippen MR) is 138 cm³/mol. The molecule has 0 aliphatic carbocycles. The van der Waals surface area contributed by atoms with Gasteiger partial charge in [0.15, 0.2) is 0 Å². The number of rotatable bonds is 6. The number of amides is 3. The zero-order valence-corrected chi connectivity index (χ0v) is 21.9. The molecule has 1 unspecified atom stereocenters. The summed E-state index contributed by atoms with van der Waals surface area (Å²) in [5.41, 5.74) is 0.972. The second-order valence-electron chi connectivity index (χ2n) is 11.2. The molecule has 3 heterocycles. The summed E-state index contributed by atoms with van der Waals surface area (Å²) in [7, 11) is 0. The summed E-state index contributed by atoms with van der Waals surface area (Å²) in [5, 5.41) is 1.84. The van der Waals surface area contributed by atoms with E-state index >= 15 is 4.39 Å². The summed E-state index contributed by atoms with van der Waals surface area (Å²) in [6.45, 7) is 9.73. The summed E-state index contributed by atoms with van der Waals surface area (Å²) in [6, 6.07) is 7.73. The van der Waals surface area contributed by atoms with Crippen molar-refractivity contribution >= 4 is 17.7 Å². The van der Waals surface area contributed by atoms with E-state index in [0.29, 0.717) is 30.8 Å². The Bertz CT molecular complexity index is 1450. The molecule has 0 radical (unpaired) electrons. The van der Waals surface area contributed by atoms with Crippen molar-refractivity contribution in [1.82, 2.24) is 15.1 Å². The number of imide groups is 1. The molecule has 1 N–H and O–H groups in total. The van der Waals surface area contributed by atoms with Crippen LogP contribution in [0.25, 0.3) is 0 Å². The molecule has 38 heavy (non-hydrogen) atoms. The maximum Gasteiger partial charge on any atom is 0.255 e. The molecule has 202 valence electrons. The Morgan fingerprint density at radius 2 is 1.87 bits per heavy atom. The SMILES string of the molecule is [2H]C1([2H])C(=O)NC(=O)C(N2Cc3c(OCc4ccc(CN5CC(C)(C)OC(C)(C)C5)cc4F)cccc3C2=O)C1([2H])[2H]. The summed E-state index contributed by atoms with van der Waals surface area (Å²) in [5.74, 6) is -3.39. The Kier molecular flexibility index (Phi) is 5.56. The Hall–Kier alpha value is -3.30. The van der Waals surface area contributed by atoms with Crippen LogP contribution in [0.15, 0.2) is 36.4 Å². The van der Waals surface area contributed by atoms with Gasteiger partial charge >= 0.3 is 0 Å². The van der Waals surface area contributed by atoms with E-state index in [1.165, 1.54) is 12.1 Å². The van der Waals surface area contributed by atoms with Crippen LogP contribution in [0.5, 0.6) is 5.75 Å². The third-order valence-electron chi connectivity index (χ3n) is 6.74. The maximum absolute atomic E-state index is 15.2. The summed E-state index contributed by atoms with van der Waals surface area (Å²) < 4.78 is 59.5. The van der Waals surface area contributed by atoms with Gasteiger partial charge in [-0.25, -0.2) is 4.39 Å². The average Bonchev–Trinajstić information content (AvgIpc) is 3.17. The van der Waals surface area contributed by atoms with Crippen LogP contribution in [0.2, 0.25) is 0 Å². The van der Waals surface area contributed by atoms with E-state index in [4.69, 9.17) is 15.0 Å². The van der Waals surface area contributed by atoms with E-state index in [1.54, 1.807) is 18.2 Å². The van der Waals surface area contributed by atoms with Gasteiger partial charge in [-0.3, -0.25) is 24.6 Å². The molecule has 2 aromatic carbocycles. The topological polar surface area (TPSA) is 88.2 Å². The number of hydrogen-bond donors (Lipinski definition) is 1. The number of ether oxygens (including phenoxy) is 2. The highest BCUT2D eigenvalue weighted by atomic mass is 19.1. The number of fused-ring (bicyclic) bond motifs is 1. The molecular formula is C29H34FN3O5. The van der Waals surface area contributed by atoms with Crippen LogP contribution < -0.4 is 10.1 Å². The van der Waals surface area contributed by atoms with E-state index in [9.17, 15) is 14.4 Å². The van der Waals surface area contributed by atoms with Gasteiger partial charge in [0.05, 0.1) is 17.7 Å². The molecule has 3 amide bonds. The van der Waals surface area contributed by atoms with Gasteiger partial charge < -0.3 is 14.4 Å². The monoisotopic (exact) mass is 527 g/mol. The number of hydrogen-bond acceptors (Lipinski definition) is 6. The molecule has 2 aromatic rings. The molecule has 3 aliphatic rings. The average molecular weight is 528 g/mol. The molecule has 5 rings (SSSR count). The Labute approximate surface area is 227 Å². The van der Waals surface area contributed by atoms with E-state index in [1.807, 2.05) is 39.1 Å². The van der Waals surface area contributed by atoms with Gasteiger partial charge in [0.25, 0.3) is 5.91 Å². The minimum Gasteiger partial charge on any atom is -0.488 e. The Morgan fingerprint density at radius 1 is 1.13 bits per heavy atom. The van der Waals surface area contributed by atoms with Crippen molar-refractivity contribution in [2.45, 2.75) is 77.4 Å². The minimum absolute atomic E-state index is 0.143. The van der Waals surface area contributed by atoms with Gasteiger partial charge in [-0.15, -0.1) is 0 Å². The largest absolute Gasteiger partial charge is 0.488 e. The van der Waals surface area contributed by atoms with Crippen molar-refractivity contribution in [1.29, 1.82) is 0 Å². The normalized spacial score (nSPS) is 27.0. The molecule has 3 aliphatic heterocycles. The Morgan fingerprint density at radius 3 is 2.58 bits per heavy atom. The lowest BCUT2D eigenvalue weighted by molar-refractivity contribution is -0.182. The predicted octanol–water partition coefficient (Wildman–Crippen LogP) is 3.56. The number of benzene rings is 2. The third kappa shape index (κ3) is 5.44. The highest BCUT2D eigenvalue weighted by molar-refractivity contribution is 6.05. The fourth-order valence-electron chi connectivity index (χ4n) is 5.58. The molecule has 1 atom stereocenters. The molecule has 0 aromatic heterocycles. The number of carbonyl (C=O) groups is 3. The molecule has 0 saturated carbocycles. The summed E-state index contributed by atoms with van der Waals surface area (Å²) in [6.07, 6.45) is -6.03. The first-order valence-corrected chi connectivity index (χ1v) is 12.5. The lowest BCUT2D eigenvalue weighted by Crippen LogP contribution is -2.56. The van der Waals surface area contributed by atoms with E-state index in [-0.39, 0.29) is 35.7 Å². The smallest absolute Gasteiger partial charge is 0.255 e. The van der Waals surface area contributed by atoms with Gasteiger partial charge in [-0.1, -0.05) is 18.2 Å². The van der Waals surface area contributed by atoms with Crippen molar-refractivity contribution in [3.63, 3.8) is 0 Å². The van der Waals surface area contributed by atoms with Crippen LogP contribution in [-0.4, -0.2) is 57.9 Å². The summed E-state index contributed by atoms with van der Waals surface area (Å²) in [4.78, 5) is 41.0. The highest BCUT2D eigenvalue weighted by Crippen LogP contribution is 2.34. The second kappa shape index (κ2) is 9.78. The van der Waals surface area contributed by atoms with Gasteiger partial charge in [-0.2, -0.15) is 0 Å². The van der Waals surface area contributed by atoms with Crippen LogP contribution in [0.4, 0.5) is 4.39 Å². The molecule has 0 bridgehead atoms. The summed E-state index contributed by atoms with van der Waals surface area (Å²) >= 11 is 0. The van der Waals surface area contributed by atoms with Gasteiger partial charge in [0.1, 0.15) is 24.2 Å². The van der Waals surface area contributed by atoms with Gasteiger partial charge in [0, 0.05) is 48.2 Å². The number of piperidine rings is 1. The van der Waals surface area contributed by atoms with Crippen molar-refractivity contribution in [3.8, 4) is 5.75 Å². The van der Waals surface area contributed by atoms with Gasteiger partial charge in [0.2, 0.25) is 11.8 Å². The first-order valence-electron chi connectivity index (χ1n) is 14.5. The minimum atomic E-state index is -3.04. The first kappa shape index (κ1) is 21.6. The third-order valence-corrected chi connectivity index (χ3v) is 6.74. The molecule has 0 spiro atoms. The van der Waals surface area contributed by atoms with E-state index in [2.05, 4.69) is 4.90 Å². The van der Waals surface area contributed by atoms with Crippen molar-refractivity contribution in [2.24, 2.45) is 0 Å². The van der Waals surface area contributed by atoms with Crippen LogP contribution in [0.3, 0.4) is 0 Å². The van der Waals surface area contributed by atoms with Crippen LogP contribution in [0, 0.1) is 5.82 Å². The van der Waals surface area contributed by atoms with Crippen LogP contribution in [-0.2, 0) is 34.0 Å². The first-order chi connectivity index (χ1) is 19.4. The molecule has 2 saturated heterocycles. The standard InChI is InChI=1S/C29H34FN3O5/c1-28(2)16-32(17-29(3,4)38-28)13-18-8-9-19(22(30)12-18)15-37-24-7-5-6-20-21(24)14-33(27(20)36)23-10-11-25(34)31-26(23)35/h5-9,12,23H,10-11,13-17H2,1-4H3,(H,31,34,35)/i10D2,11D2. The number of morpholine rings is 1. The van der Waals surface area contributed by atoms with Crippen molar-refractivity contribution in [3.05, 3.63) is 64.5 Å². The maximum atomic E-state index is 15.2. The second-order valence-corrected chi connectivity index (χ2v) is 11.2. The number of nitrogens with zero attached hydrogens (tertiary/aromatic N) is 2. The van der Waals surface area contributed by atoms with Crippen molar-refractivity contribution in [2.75, 3.05) is 13.1 Å². The molecular weight excluding hydrogens is 489 g/mol.